The lowest BCUT2D eigenvalue weighted by atomic mass is 10.1. The Balaban J connectivity index is 2.12. The molecule has 1 unspecified atom stereocenters. The van der Waals surface area contributed by atoms with Crippen molar-refractivity contribution in [2.75, 3.05) is 32.8 Å². The first-order valence-corrected chi connectivity index (χ1v) is 5.36. The summed E-state index contributed by atoms with van der Waals surface area (Å²) in [5.41, 5.74) is 0. The number of cyclic esters (lactones) is 1. The Labute approximate surface area is 85.6 Å². The number of ether oxygens (including phenoxy) is 1. The second kappa shape index (κ2) is 5.86. The summed E-state index contributed by atoms with van der Waals surface area (Å²) in [6.45, 7) is 8.41. The summed E-state index contributed by atoms with van der Waals surface area (Å²) >= 11 is 0. The Kier molecular flexibility index (Phi) is 4.73. The summed E-state index contributed by atoms with van der Waals surface area (Å²) in [5, 5.41) is 3.34. The van der Waals surface area contributed by atoms with Crippen LogP contribution in [0.4, 0.5) is 4.79 Å². The predicted octanol–water partition coefficient (Wildman–Crippen LogP) is 1.07. The van der Waals surface area contributed by atoms with Crippen molar-refractivity contribution in [3.8, 4) is 0 Å². The quantitative estimate of drug-likeness (QED) is 0.652. The van der Waals surface area contributed by atoms with Gasteiger partial charge in [-0.05, 0) is 25.4 Å². The Morgan fingerprint density at radius 1 is 1.64 bits per heavy atom. The lowest BCUT2D eigenvalue weighted by Crippen LogP contribution is -2.34. The third-order valence-electron chi connectivity index (χ3n) is 2.30. The summed E-state index contributed by atoms with van der Waals surface area (Å²) in [7, 11) is 0. The van der Waals surface area contributed by atoms with Crippen LogP contribution in [0.1, 0.15) is 20.3 Å². The predicted molar refractivity (Wildman–Crippen MR) is 55.2 cm³/mol. The molecular formula is C10H20N2O2. The van der Waals surface area contributed by atoms with Crippen LogP contribution in [0.3, 0.4) is 0 Å². The molecule has 0 spiro atoms. The zero-order valence-electron chi connectivity index (χ0n) is 9.08. The third-order valence-corrected chi connectivity index (χ3v) is 2.30. The van der Waals surface area contributed by atoms with E-state index in [0.29, 0.717) is 12.5 Å². The highest BCUT2D eigenvalue weighted by molar-refractivity contribution is 5.69. The zero-order chi connectivity index (χ0) is 10.4. The molecule has 1 heterocycles. The van der Waals surface area contributed by atoms with Gasteiger partial charge in [-0.1, -0.05) is 13.8 Å². The van der Waals surface area contributed by atoms with Crippen molar-refractivity contribution in [1.82, 2.24) is 10.2 Å². The Morgan fingerprint density at radius 2 is 2.43 bits per heavy atom. The van der Waals surface area contributed by atoms with Crippen molar-refractivity contribution in [2.45, 2.75) is 20.3 Å². The van der Waals surface area contributed by atoms with Crippen LogP contribution in [-0.4, -0.2) is 43.8 Å². The topological polar surface area (TPSA) is 41.6 Å². The van der Waals surface area contributed by atoms with Crippen LogP contribution in [-0.2, 0) is 4.74 Å². The van der Waals surface area contributed by atoms with Gasteiger partial charge in [0.15, 0.2) is 0 Å². The highest BCUT2D eigenvalue weighted by Gasteiger charge is 2.22. The molecule has 1 saturated heterocycles. The molecule has 0 aromatic carbocycles. The third kappa shape index (κ3) is 3.54. The van der Waals surface area contributed by atoms with Gasteiger partial charge in [-0.3, -0.25) is 0 Å². The monoisotopic (exact) mass is 200 g/mol. The number of nitrogens with zero attached hydrogens (tertiary/aromatic N) is 1. The van der Waals surface area contributed by atoms with Gasteiger partial charge in [0, 0.05) is 6.54 Å². The lowest BCUT2D eigenvalue weighted by molar-refractivity contribution is 0.155. The molecule has 1 aliphatic heterocycles. The Bertz CT molecular complexity index is 185. The zero-order valence-corrected chi connectivity index (χ0v) is 9.08. The summed E-state index contributed by atoms with van der Waals surface area (Å²) in [6.07, 6.45) is 0.991. The van der Waals surface area contributed by atoms with E-state index in [-0.39, 0.29) is 6.09 Å². The molecule has 0 bridgehead atoms. The highest BCUT2D eigenvalue weighted by atomic mass is 16.6. The van der Waals surface area contributed by atoms with E-state index in [1.165, 1.54) is 0 Å². The van der Waals surface area contributed by atoms with E-state index < -0.39 is 0 Å². The molecule has 1 aliphatic rings. The first-order valence-electron chi connectivity index (χ1n) is 5.36. The number of amides is 1. The van der Waals surface area contributed by atoms with E-state index in [9.17, 15) is 4.79 Å². The maximum absolute atomic E-state index is 11.1. The van der Waals surface area contributed by atoms with Gasteiger partial charge in [-0.15, -0.1) is 0 Å². The summed E-state index contributed by atoms with van der Waals surface area (Å²) in [6, 6.07) is 0. The molecule has 0 aromatic rings. The van der Waals surface area contributed by atoms with E-state index in [4.69, 9.17) is 4.74 Å². The molecule has 1 amide bonds. The highest BCUT2D eigenvalue weighted by Crippen LogP contribution is 2.06. The standard InChI is InChI=1S/C10H20N2O2/c1-3-4-11-7-9(2)8-12-5-6-14-10(12)13/h9,11H,3-8H2,1-2H3. The number of rotatable bonds is 6. The minimum absolute atomic E-state index is 0.160. The van der Waals surface area contributed by atoms with Crippen molar-refractivity contribution >= 4 is 6.09 Å². The Hall–Kier alpha value is -0.770. The van der Waals surface area contributed by atoms with Crippen LogP contribution < -0.4 is 5.32 Å². The van der Waals surface area contributed by atoms with Crippen molar-refractivity contribution in [3.05, 3.63) is 0 Å². The molecule has 4 nitrogen and oxygen atoms in total. The van der Waals surface area contributed by atoms with Crippen molar-refractivity contribution in [2.24, 2.45) is 5.92 Å². The largest absolute Gasteiger partial charge is 0.448 e. The SMILES string of the molecule is CCCNCC(C)CN1CCOC1=O. The van der Waals surface area contributed by atoms with Gasteiger partial charge in [0.05, 0.1) is 6.54 Å². The normalized spacial score (nSPS) is 18.4. The van der Waals surface area contributed by atoms with E-state index >= 15 is 0 Å². The lowest BCUT2D eigenvalue weighted by Gasteiger charge is -2.18. The van der Waals surface area contributed by atoms with Crippen LogP contribution in [0, 0.1) is 5.92 Å². The average molecular weight is 200 g/mol. The maximum atomic E-state index is 11.1. The fourth-order valence-corrected chi connectivity index (χ4v) is 1.56. The first kappa shape index (κ1) is 11.3. The molecule has 4 heteroatoms. The van der Waals surface area contributed by atoms with Crippen LogP contribution in [0.5, 0.6) is 0 Å². The second-order valence-corrected chi connectivity index (χ2v) is 3.87. The second-order valence-electron chi connectivity index (χ2n) is 3.87. The molecule has 0 aromatic heterocycles. The number of carbonyl (C=O) groups is 1. The summed E-state index contributed by atoms with van der Waals surface area (Å²) in [5.74, 6) is 0.493. The van der Waals surface area contributed by atoms with Gasteiger partial charge >= 0.3 is 6.09 Å². The molecule has 1 atom stereocenters. The van der Waals surface area contributed by atoms with Crippen LogP contribution in [0.2, 0.25) is 0 Å². The molecule has 1 fully saturated rings. The smallest absolute Gasteiger partial charge is 0.409 e. The van der Waals surface area contributed by atoms with Crippen molar-refractivity contribution < 1.29 is 9.53 Å². The number of carbonyl (C=O) groups excluding carboxylic acids is 1. The maximum Gasteiger partial charge on any atom is 0.409 e. The van der Waals surface area contributed by atoms with Gasteiger partial charge in [0.25, 0.3) is 0 Å². The fourth-order valence-electron chi connectivity index (χ4n) is 1.56. The van der Waals surface area contributed by atoms with Crippen LogP contribution in [0.25, 0.3) is 0 Å². The van der Waals surface area contributed by atoms with Gasteiger partial charge in [-0.25, -0.2) is 4.79 Å². The number of nitrogens with one attached hydrogen (secondary N) is 1. The van der Waals surface area contributed by atoms with Gasteiger partial charge in [0.2, 0.25) is 0 Å². The summed E-state index contributed by atoms with van der Waals surface area (Å²) in [4.78, 5) is 12.9. The van der Waals surface area contributed by atoms with Crippen molar-refractivity contribution in [3.63, 3.8) is 0 Å². The van der Waals surface area contributed by atoms with E-state index in [1.807, 2.05) is 0 Å². The molecule has 1 N–H and O–H groups in total. The summed E-state index contributed by atoms with van der Waals surface area (Å²) < 4.78 is 4.86. The van der Waals surface area contributed by atoms with E-state index in [0.717, 1.165) is 32.6 Å². The average Bonchev–Trinajstić information content (AvgIpc) is 2.52. The van der Waals surface area contributed by atoms with Crippen LogP contribution in [0.15, 0.2) is 0 Å². The van der Waals surface area contributed by atoms with Crippen molar-refractivity contribution in [1.29, 1.82) is 0 Å². The molecule has 82 valence electrons. The molecular weight excluding hydrogens is 180 g/mol. The van der Waals surface area contributed by atoms with E-state index in [1.54, 1.807) is 4.90 Å². The minimum Gasteiger partial charge on any atom is -0.448 e. The van der Waals surface area contributed by atoms with Crippen LogP contribution >= 0.6 is 0 Å². The number of hydrogen-bond donors (Lipinski definition) is 1. The number of hydrogen-bond acceptors (Lipinski definition) is 3. The fraction of sp³-hybridized carbons (Fsp3) is 0.900. The van der Waals surface area contributed by atoms with Gasteiger partial charge in [-0.2, -0.15) is 0 Å². The van der Waals surface area contributed by atoms with Gasteiger partial charge < -0.3 is 15.0 Å². The first-order chi connectivity index (χ1) is 6.74. The molecule has 0 aliphatic carbocycles. The molecule has 0 saturated carbocycles. The van der Waals surface area contributed by atoms with Gasteiger partial charge in [0.1, 0.15) is 6.61 Å². The minimum atomic E-state index is -0.160. The molecule has 0 radical (unpaired) electrons. The van der Waals surface area contributed by atoms with E-state index in [2.05, 4.69) is 19.2 Å². The molecule has 14 heavy (non-hydrogen) atoms. The molecule has 1 rings (SSSR count). The Morgan fingerprint density at radius 3 is 3.00 bits per heavy atom.